The topological polar surface area (TPSA) is 85.3 Å². The van der Waals surface area contributed by atoms with Gasteiger partial charge in [0.25, 0.3) is 0 Å². The predicted molar refractivity (Wildman–Crippen MR) is 71.8 cm³/mol. The van der Waals surface area contributed by atoms with Crippen LogP contribution in [0.4, 0.5) is 0 Å². The van der Waals surface area contributed by atoms with Crippen LogP contribution in [0.1, 0.15) is 35.4 Å². The van der Waals surface area contributed by atoms with Crippen molar-refractivity contribution in [1.82, 2.24) is 9.55 Å². The molecule has 0 bridgehead atoms. The Morgan fingerprint density at radius 3 is 2.75 bits per heavy atom. The lowest BCUT2D eigenvalue weighted by molar-refractivity contribution is -0.138. The molecule has 2 rings (SSSR count). The first-order valence-corrected chi connectivity index (χ1v) is 6.23. The second-order valence-electron chi connectivity index (χ2n) is 4.76. The van der Waals surface area contributed by atoms with E-state index in [2.05, 4.69) is 4.98 Å². The maximum absolute atomic E-state index is 12.0. The molecule has 2 aromatic rings. The number of rotatable bonds is 4. The molecule has 0 aliphatic heterocycles. The highest BCUT2D eigenvalue weighted by atomic mass is 16.4. The van der Waals surface area contributed by atoms with Crippen molar-refractivity contribution in [3.63, 3.8) is 0 Å². The van der Waals surface area contributed by atoms with Gasteiger partial charge in [-0.3, -0.25) is 9.36 Å². The first-order valence-electron chi connectivity index (χ1n) is 6.23. The number of hydrogen-bond acceptors (Lipinski definition) is 4. The third kappa shape index (κ3) is 2.49. The summed E-state index contributed by atoms with van der Waals surface area (Å²) in [5.41, 5.74) is 2.11. The molecule has 1 unspecified atom stereocenters. The van der Waals surface area contributed by atoms with E-state index in [4.69, 9.17) is 4.42 Å². The van der Waals surface area contributed by atoms with Gasteiger partial charge in [0.1, 0.15) is 0 Å². The van der Waals surface area contributed by atoms with Crippen LogP contribution in [0.25, 0.3) is 0 Å². The van der Waals surface area contributed by atoms with Gasteiger partial charge < -0.3 is 9.52 Å². The molecule has 6 heteroatoms. The SMILES string of the molecule is Cc1nc(=O)n(Cc2ccoc2)c(C)c1C(C)C(=O)O. The van der Waals surface area contributed by atoms with Crippen LogP contribution in [-0.2, 0) is 11.3 Å². The first-order chi connectivity index (χ1) is 9.41. The van der Waals surface area contributed by atoms with E-state index in [-0.39, 0.29) is 5.69 Å². The Morgan fingerprint density at radius 1 is 1.50 bits per heavy atom. The fourth-order valence-electron chi connectivity index (χ4n) is 2.32. The fourth-order valence-corrected chi connectivity index (χ4v) is 2.32. The zero-order valence-corrected chi connectivity index (χ0v) is 11.6. The Morgan fingerprint density at radius 2 is 2.20 bits per heavy atom. The lowest BCUT2D eigenvalue weighted by Crippen LogP contribution is -2.29. The quantitative estimate of drug-likeness (QED) is 0.918. The van der Waals surface area contributed by atoms with E-state index in [0.717, 1.165) is 5.56 Å². The van der Waals surface area contributed by atoms with E-state index in [1.165, 1.54) is 10.8 Å². The molecular formula is C14H16N2O4. The van der Waals surface area contributed by atoms with Gasteiger partial charge in [-0.1, -0.05) is 0 Å². The molecule has 106 valence electrons. The molecule has 0 aliphatic rings. The van der Waals surface area contributed by atoms with E-state index in [9.17, 15) is 14.7 Å². The molecule has 6 nitrogen and oxygen atoms in total. The number of carboxylic acid groups (broad SMARTS) is 1. The first kappa shape index (κ1) is 14.0. The number of aryl methyl sites for hydroxylation is 1. The highest BCUT2D eigenvalue weighted by Gasteiger charge is 2.22. The molecule has 2 heterocycles. The largest absolute Gasteiger partial charge is 0.481 e. The van der Waals surface area contributed by atoms with E-state index in [0.29, 0.717) is 23.5 Å². The van der Waals surface area contributed by atoms with Crippen LogP contribution < -0.4 is 5.69 Å². The maximum atomic E-state index is 12.0. The van der Waals surface area contributed by atoms with Gasteiger partial charge in [-0.2, -0.15) is 4.98 Å². The van der Waals surface area contributed by atoms with Crippen LogP contribution >= 0.6 is 0 Å². The Kier molecular flexibility index (Phi) is 3.74. The molecule has 20 heavy (non-hydrogen) atoms. The lowest BCUT2D eigenvalue weighted by Gasteiger charge is -2.17. The van der Waals surface area contributed by atoms with Gasteiger partial charge in [0.15, 0.2) is 0 Å². The summed E-state index contributed by atoms with van der Waals surface area (Å²) in [6.45, 7) is 5.30. The summed E-state index contributed by atoms with van der Waals surface area (Å²) in [6, 6.07) is 1.76. The summed E-state index contributed by atoms with van der Waals surface area (Å²) in [4.78, 5) is 27.1. The number of carbonyl (C=O) groups is 1. The van der Waals surface area contributed by atoms with Crippen LogP contribution in [-0.4, -0.2) is 20.6 Å². The predicted octanol–water partition coefficient (Wildman–Crippen LogP) is 1.69. The third-order valence-electron chi connectivity index (χ3n) is 3.40. The van der Waals surface area contributed by atoms with E-state index < -0.39 is 11.9 Å². The van der Waals surface area contributed by atoms with Crippen molar-refractivity contribution >= 4 is 5.97 Å². The number of carboxylic acids is 1. The molecule has 0 fully saturated rings. The van der Waals surface area contributed by atoms with Crippen LogP contribution in [0.5, 0.6) is 0 Å². The summed E-state index contributed by atoms with van der Waals surface area (Å²) in [5, 5.41) is 9.17. The Hall–Kier alpha value is -2.37. The molecule has 0 saturated carbocycles. The fraction of sp³-hybridized carbons (Fsp3) is 0.357. The average Bonchev–Trinajstić information content (AvgIpc) is 2.86. The lowest BCUT2D eigenvalue weighted by atomic mass is 9.98. The second kappa shape index (κ2) is 5.32. The number of nitrogens with zero attached hydrogens (tertiary/aromatic N) is 2. The van der Waals surface area contributed by atoms with Crippen molar-refractivity contribution in [2.75, 3.05) is 0 Å². The van der Waals surface area contributed by atoms with E-state index in [1.807, 2.05) is 0 Å². The molecule has 0 aromatic carbocycles. The maximum Gasteiger partial charge on any atom is 0.348 e. The van der Waals surface area contributed by atoms with Crippen molar-refractivity contribution in [2.24, 2.45) is 0 Å². The number of aliphatic carboxylic acids is 1. The number of aromatic nitrogens is 2. The van der Waals surface area contributed by atoms with Gasteiger partial charge in [-0.05, 0) is 26.8 Å². The monoisotopic (exact) mass is 276 g/mol. The standard InChI is InChI=1S/C14H16N2O4/c1-8(13(17)18)12-9(2)15-14(19)16(10(12)3)6-11-4-5-20-7-11/h4-5,7-8H,6H2,1-3H3,(H,17,18). The Balaban J connectivity index is 2.55. The molecule has 1 N–H and O–H groups in total. The minimum Gasteiger partial charge on any atom is -0.481 e. The normalized spacial score (nSPS) is 12.3. The molecule has 0 spiro atoms. The summed E-state index contributed by atoms with van der Waals surface area (Å²) in [7, 11) is 0. The summed E-state index contributed by atoms with van der Waals surface area (Å²) in [6.07, 6.45) is 3.07. The zero-order chi connectivity index (χ0) is 14.9. The molecular weight excluding hydrogens is 260 g/mol. The molecule has 0 aliphatic carbocycles. The Bertz CT molecular complexity index is 686. The number of hydrogen-bond donors (Lipinski definition) is 1. The van der Waals surface area contributed by atoms with E-state index in [1.54, 1.807) is 33.1 Å². The second-order valence-corrected chi connectivity index (χ2v) is 4.76. The van der Waals surface area contributed by atoms with Crippen LogP contribution in [0, 0.1) is 13.8 Å². The van der Waals surface area contributed by atoms with Crippen molar-refractivity contribution < 1.29 is 14.3 Å². The highest BCUT2D eigenvalue weighted by molar-refractivity contribution is 5.76. The molecule has 0 radical (unpaired) electrons. The zero-order valence-electron chi connectivity index (χ0n) is 11.6. The van der Waals surface area contributed by atoms with Crippen LogP contribution in [0.2, 0.25) is 0 Å². The summed E-state index contributed by atoms with van der Waals surface area (Å²) in [5.74, 6) is -1.65. The van der Waals surface area contributed by atoms with Gasteiger partial charge in [0, 0.05) is 22.5 Å². The van der Waals surface area contributed by atoms with Crippen molar-refractivity contribution in [3.05, 3.63) is 51.6 Å². The van der Waals surface area contributed by atoms with Gasteiger partial charge in [-0.25, -0.2) is 4.79 Å². The van der Waals surface area contributed by atoms with Gasteiger partial charge in [0.05, 0.1) is 25.0 Å². The van der Waals surface area contributed by atoms with E-state index >= 15 is 0 Å². The van der Waals surface area contributed by atoms with Crippen molar-refractivity contribution in [2.45, 2.75) is 33.2 Å². The van der Waals surface area contributed by atoms with Gasteiger partial charge in [-0.15, -0.1) is 0 Å². The van der Waals surface area contributed by atoms with Gasteiger partial charge in [0.2, 0.25) is 0 Å². The Labute approximate surface area is 115 Å². The van der Waals surface area contributed by atoms with Crippen molar-refractivity contribution in [3.8, 4) is 0 Å². The molecule has 2 aromatic heterocycles. The number of furan rings is 1. The highest BCUT2D eigenvalue weighted by Crippen LogP contribution is 2.21. The van der Waals surface area contributed by atoms with Crippen molar-refractivity contribution in [1.29, 1.82) is 0 Å². The molecule has 1 atom stereocenters. The molecule has 0 amide bonds. The van der Waals surface area contributed by atoms with Crippen LogP contribution in [0.15, 0.2) is 27.8 Å². The van der Waals surface area contributed by atoms with Gasteiger partial charge >= 0.3 is 11.7 Å². The summed E-state index contributed by atoms with van der Waals surface area (Å²) < 4.78 is 6.44. The van der Waals surface area contributed by atoms with Crippen LogP contribution in [0.3, 0.4) is 0 Å². The summed E-state index contributed by atoms with van der Waals surface area (Å²) >= 11 is 0. The third-order valence-corrected chi connectivity index (χ3v) is 3.40. The molecule has 0 saturated heterocycles. The minimum absolute atomic E-state index is 0.313. The minimum atomic E-state index is -0.938. The average molecular weight is 276 g/mol. The smallest absolute Gasteiger partial charge is 0.348 e.